The van der Waals surface area contributed by atoms with Crippen molar-refractivity contribution in [1.82, 2.24) is 0 Å². The van der Waals surface area contributed by atoms with E-state index < -0.39 is 10.0 Å². The summed E-state index contributed by atoms with van der Waals surface area (Å²) in [5.74, 6) is 0. The summed E-state index contributed by atoms with van der Waals surface area (Å²) in [7, 11) is -2.11. The molecule has 2 aromatic carbocycles. The second-order valence-corrected chi connectivity index (χ2v) is 6.95. The Morgan fingerprint density at radius 3 is 2.33 bits per heavy atom. The molecular weight excluding hydrogens is 286 g/mol. The van der Waals surface area contributed by atoms with Gasteiger partial charge < -0.3 is 5.11 Å². The van der Waals surface area contributed by atoms with Crippen LogP contribution in [-0.2, 0) is 16.6 Å². The molecule has 112 valence electrons. The summed E-state index contributed by atoms with van der Waals surface area (Å²) in [6, 6.07) is 12.3. The molecule has 0 bridgehead atoms. The summed E-state index contributed by atoms with van der Waals surface area (Å²) in [4.78, 5) is 0.222. The molecule has 2 rings (SSSR count). The highest BCUT2D eigenvalue weighted by Crippen LogP contribution is 2.27. The van der Waals surface area contributed by atoms with Gasteiger partial charge in [0.1, 0.15) is 0 Å². The number of nitrogens with zero attached hydrogens (tertiary/aromatic N) is 1. The molecule has 0 aliphatic carbocycles. The molecule has 0 saturated heterocycles. The Bertz CT molecular complexity index is 754. The van der Waals surface area contributed by atoms with Crippen molar-refractivity contribution in [3.05, 3.63) is 59.2 Å². The van der Waals surface area contributed by atoms with Crippen molar-refractivity contribution in [2.24, 2.45) is 0 Å². The van der Waals surface area contributed by atoms with Crippen molar-refractivity contribution in [3.63, 3.8) is 0 Å². The summed E-state index contributed by atoms with van der Waals surface area (Å²) in [5.41, 5.74) is 2.77. The van der Waals surface area contributed by atoms with Crippen LogP contribution in [0.25, 0.3) is 0 Å². The molecule has 21 heavy (non-hydrogen) atoms. The molecule has 0 heterocycles. The smallest absolute Gasteiger partial charge is 0.264 e. The minimum atomic E-state index is -3.66. The van der Waals surface area contributed by atoms with Crippen LogP contribution in [-0.4, -0.2) is 20.6 Å². The number of aliphatic hydroxyl groups excluding tert-OH is 1. The van der Waals surface area contributed by atoms with E-state index in [1.165, 1.54) is 10.4 Å². The molecule has 0 saturated carbocycles. The Morgan fingerprint density at radius 2 is 1.71 bits per heavy atom. The zero-order valence-corrected chi connectivity index (χ0v) is 13.2. The van der Waals surface area contributed by atoms with Crippen LogP contribution in [0.5, 0.6) is 0 Å². The maximum Gasteiger partial charge on any atom is 0.264 e. The molecule has 0 aromatic heterocycles. The minimum Gasteiger partial charge on any atom is -0.392 e. The van der Waals surface area contributed by atoms with Crippen LogP contribution in [0.3, 0.4) is 0 Å². The van der Waals surface area contributed by atoms with Gasteiger partial charge in [0, 0.05) is 7.05 Å². The molecular formula is C16H19NO3S. The van der Waals surface area contributed by atoms with Gasteiger partial charge in [-0.25, -0.2) is 8.42 Å². The number of para-hydroxylation sites is 1. The maximum absolute atomic E-state index is 12.8. The number of aryl methyl sites for hydroxylation is 2. The van der Waals surface area contributed by atoms with E-state index in [1.807, 2.05) is 25.1 Å². The SMILES string of the molecule is Cc1ccccc1N(C)S(=O)(=O)c1cc(CO)ccc1C. The molecule has 0 amide bonds. The molecule has 2 aromatic rings. The topological polar surface area (TPSA) is 57.6 Å². The number of benzene rings is 2. The monoisotopic (exact) mass is 305 g/mol. The van der Waals surface area contributed by atoms with Crippen LogP contribution in [0.2, 0.25) is 0 Å². The van der Waals surface area contributed by atoms with Gasteiger partial charge in [0.05, 0.1) is 17.2 Å². The van der Waals surface area contributed by atoms with E-state index in [1.54, 1.807) is 32.2 Å². The molecule has 0 fully saturated rings. The molecule has 0 aliphatic heterocycles. The van der Waals surface area contributed by atoms with E-state index in [0.29, 0.717) is 16.8 Å². The minimum absolute atomic E-state index is 0.184. The fourth-order valence-corrected chi connectivity index (χ4v) is 3.75. The number of anilines is 1. The second kappa shape index (κ2) is 5.87. The summed E-state index contributed by atoms with van der Waals surface area (Å²) >= 11 is 0. The highest BCUT2D eigenvalue weighted by molar-refractivity contribution is 7.92. The number of aliphatic hydroxyl groups is 1. The molecule has 1 N–H and O–H groups in total. The van der Waals surface area contributed by atoms with E-state index in [-0.39, 0.29) is 11.5 Å². The van der Waals surface area contributed by atoms with E-state index in [9.17, 15) is 13.5 Å². The van der Waals surface area contributed by atoms with Gasteiger partial charge in [-0.2, -0.15) is 0 Å². The molecule has 5 heteroatoms. The normalized spacial score (nSPS) is 11.4. The first-order chi connectivity index (χ1) is 9.87. The highest BCUT2D eigenvalue weighted by atomic mass is 32.2. The van der Waals surface area contributed by atoms with Crippen LogP contribution < -0.4 is 4.31 Å². The van der Waals surface area contributed by atoms with Gasteiger partial charge >= 0.3 is 0 Å². The third-order valence-electron chi connectivity index (χ3n) is 3.53. The lowest BCUT2D eigenvalue weighted by Crippen LogP contribution is -2.28. The summed E-state index contributed by atoms with van der Waals surface area (Å²) in [6.45, 7) is 3.44. The van der Waals surface area contributed by atoms with Crippen LogP contribution in [0.1, 0.15) is 16.7 Å². The Morgan fingerprint density at radius 1 is 1.05 bits per heavy atom. The standard InChI is InChI=1S/C16H19NO3S/c1-12-6-4-5-7-15(12)17(3)21(19,20)16-10-14(11-18)9-8-13(16)2/h4-10,18H,11H2,1-3H3. The first kappa shape index (κ1) is 15.5. The Labute approximate surface area is 125 Å². The lowest BCUT2D eigenvalue weighted by molar-refractivity contribution is 0.281. The quantitative estimate of drug-likeness (QED) is 0.944. The second-order valence-electron chi connectivity index (χ2n) is 5.02. The van der Waals surface area contributed by atoms with Crippen molar-refractivity contribution >= 4 is 15.7 Å². The molecule has 0 spiro atoms. The van der Waals surface area contributed by atoms with Crippen molar-refractivity contribution in [2.75, 3.05) is 11.4 Å². The lowest BCUT2D eigenvalue weighted by Gasteiger charge is -2.22. The third-order valence-corrected chi connectivity index (χ3v) is 5.44. The number of hydrogen-bond acceptors (Lipinski definition) is 3. The largest absolute Gasteiger partial charge is 0.392 e. The summed E-state index contributed by atoms with van der Waals surface area (Å²) < 4.78 is 26.9. The first-order valence-corrected chi connectivity index (χ1v) is 8.07. The Balaban J connectivity index is 2.54. The molecule has 4 nitrogen and oxygen atoms in total. The number of rotatable bonds is 4. The Kier molecular flexibility index (Phi) is 4.34. The lowest BCUT2D eigenvalue weighted by atomic mass is 10.2. The van der Waals surface area contributed by atoms with Crippen LogP contribution >= 0.6 is 0 Å². The van der Waals surface area contributed by atoms with Crippen molar-refractivity contribution in [2.45, 2.75) is 25.3 Å². The molecule has 0 radical (unpaired) electrons. The molecule has 0 unspecified atom stereocenters. The van der Waals surface area contributed by atoms with Gasteiger partial charge in [-0.15, -0.1) is 0 Å². The predicted octanol–water partition coefficient (Wildman–Crippen LogP) is 2.62. The van der Waals surface area contributed by atoms with Crippen molar-refractivity contribution < 1.29 is 13.5 Å². The average molecular weight is 305 g/mol. The van der Waals surface area contributed by atoms with Gasteiger partial charge in [0.2, 0.25) is 0 Å². The van der Waals surface area contributed by atoms with Gasteiger partial charge in [0.15, 0.2) is 0 Å². The van der Waals surface area contributed by atoms with E-state index >= 15 is 0 Å². The van der Waals surface area contributed by atoms with Gasteiger partial charge in [0.25, 0.3) is 10.0 Å². The zero-order chi connectivity index (χ0) is 15.6. The highest BCUT2D eigenvalue weighted by Gasteiger charge is 2.24. The predicted molar refractivity (Wildman–Crippen MR) is 83.9 cm³/mol. The average Bonchev–Trinajstić information content (AvgIpc) is 2.47. The van der Waals surface area contributed by atoms with Crippen LogP contribution in [0, 0.1) is 13.8 Å². The van der Waals surface area contributed by atoms with E-state index in [0.717, 1.165) is 5.56 Å². The zero-order valence-electron chi connectivity index (χ0n) is 12.4. The van der Waals surface area contributed by atoms with Gasteiger partial charge in [-0.3, -0.25) is 4.31 Å². The first-order valence-electron chi connectivity index (χ1n) is 6.63. The fourth-order valence-electron chi connectivity index (χ4n) is 2.21. The van der Waals surface area contributed by atoms with Gasteiger partial charge in [-0.05, 0) is 42.7 Å². The Hall–Kier alpha value is -1.85. The van der Waals surface area contributed by atoms with Crippen molar-refractivity contribution in [3.8, 4) is 0 Å². The molecule has 0 aliphatic rings. The molecule has 0 atom stereocenters. The van der Waals surface area contributed by atoms with Crippen molar-refractivity contribution in [1.29, 1.82) is 0 Å². The van der Waals surface area contributed by atoms with E-state index in [4.69, 9.17) is 0 Å². The third kappa shape index (κ3) is 2.94. The fraction of sp³-hybridized carbons (Fsp3) is 0.250. The van der Waals surface area contributed by atoms with Crippen LogP contribution in [0.4, 0.5) is 5.69 Å². The van der Waals surface area contributed by atoms with E-state index in [2.05, 4.69) is 0 Å². The summed E-state index contributed by atoms with van der Waals surface area (Å²) in [6.07, 6.45) is 0. The van der Waals surface area contributed by atoms with Gasteiger partial charge in [-0.1, -0.05) is 30.3 Å². The summed E-state index contributed by atoms with van der Waals surface area (Å²) in [5, 5.41) is 9.21. The number of sulfonamides is 1. The number of hydrogen-bond donors (Lipinski definition) is 1. The van der Waals surface area contributed by atoms with Crippen LogP contribution in [0.15, 0.2) is 47.4 Å². The maximum atomic E-state index is 12.8.